The molecule has 2 heterocycles. The predicted octanol–water partition coefficient (Wildman–Crippen LogP) is 6.35. The number of carbonyl (C=O) groups is 1. The first-order valence-corrected chi connectivity index (χ1v) is 13.5. The van der Waals surface area contributed by atoms with Crippen LogP contribution in [0, 0.1) is 0 Å². The van der Waals surface area contributed by atoms with E-state index in [9.17, 15) is 4.79 Å². The Bertz CT molecular complexity index is 1210. The SMILES string of the molecule is CCCCCCOc1ccc(-c2nn(-c3ccccc3)cc2/C=C2/SC(=S)N(CCOC)C2=O)cc1. The summed E-state index contributed by atoms with van der Waals surface area (Å²) in [6.45, 7) is 3.80. The fourth-order valence-corrected chi connectivity index (χ4v) is 5.17. The van der Waals surface area contributed by atoms with Crippen LogP contribution in [0.15, 0.2) is 65.7 Å². The lowest BCUT2D eigenvalue weighted by Crippen LogP contribution is -2.31. The Morgan fingerprint density at radius 2 is 1.81 bits per heavy atom. The van der Waals surface area contributed by atoms with E-state index in [1.165, 1.54) is 31.0 Å². The molecule has 2 aromatic carbocycles. The lowest BCUT2D eigenvalue weighted by atomic mass is 10.1. The van der Waals surface area contributed by atoms with Crippen molar-refractivity contribution in [3.05, 3.63) is 71.3 Å². The Morgan fingerprint density at radius 3 is 2.53 bits per heavy atom. The predicted molar refractivity (Wildman–Crippen MR) is 150 cm³/mol. The Kier molecular flexibility index (Phi) is 9.33. The molecule has 0 atom stereocenters. The number of methoxy groups -OCH3 is 1. The number of thioether (sulfide) groups is 1. The van der Waals surface area contributed by atoms with Crippen LogP contribution in [0.1, 0.15) is 38.2 Å². The summed E-state index contributed by atoms with van der Waals surface area (Å²) in [4.78, 5) is 15.2. The number of rotatable bonds is 12. The largest absolute Gasteiger partial charge is 0.494 e. The highest BCUT2D eigenvalue weighted by molar-refractivity contribution is 8.26. The van der Waals surface area contributed by atoms with E-state index in [1.54, 1.807) is 12.0 Å². The molecule has 0 N–H and O–H groups in total. The van der Waals surface area contributed by atoms with Crippen molar-refractivity contribution in [2.24, 2.45) is 0 Å². The fraction of sp³-hybridized carbons (Fsp3) is 0.321. The summed E-state index contributed by atoms with van der Waals surface area (Å²) in [5.41, 5.74) is 3.53. The van der Waals surface area contributed by atoms with E-state index in [2.05, 4.69) is 6.92 Å². The van der Waals surface area contributed by atoms with Crippen molar-refractivity contribution in [2.45, 2.75) is 32.6 Å². The molecule has 6 nitrogen and oxygen atoms in total. The van der Waals surface area contributed by atoms with Gasteiger partial charge in [-0.1, -0.05) is 68.4 Å². The number of hydrogen-bond acceptors (Lipinski definition) is 6. The van der Waals surface area contributed by atoms with Gasteiger partial charge in [0.05, 0.1) is 36.0 Å². The third kappa shape index (κ3) is 6.43. The minimum Gasteiger partial charge on any atom is -0.494 e. The molecule has 8 heteroatoms. The third-order valence-corrected chi connectivity index (χ3v) is 7.21. The molecule has 36 heavy (non-hydrogen) atoms. The first-order chi connectivity index (χ1) is 17.6. The molecule has 0 unspecified atom stereocenters. The second-order valence-corrected chi connectivity index (χ2v) is 10.1. The van der Waals surface area contributed by atoms with Gasteiger partial charge in [0.1, 0.15) is 10.1 Å². The van der Waals surface area contributed by atoms with Crippen LogP contribution < -0.4 is 4.74 Å². The van der Waals surface area contributed by atoms with Gasteiger partial charge in [-0.05, 0) is 48.9 Å². The molecule has 1 aliphatic rings. The van der Waals surface area contributed by atoms with Gasteiger partial charge in [0.15, 0.2) is 0 Å². The highest BCUT2D eigenvalue weighted by Crippen LogP contribution is 2.35. The highest BCUT2D eigenvalue weighted by Gasteiger charge is 2.32. The minimum absolute atomic E-state index is 0.104. The maximum Gasteiger partial charge on any atom is 0.266 e. The van der Waals surface area contributed by atoms with Crippen molar-refractivity contribution in [1.82, 2.24) is 14.7 Å². The molecule has 3 aromatic rings. The summed E-state index contributed by atoms with van der Waals surface area (Å²) in [6, 6.07) is 17.9. The monoisotopic (exact) mass is 521 g/mol. The van der Waals surface area contributed by atoms with E-state index in [0.717, 1.165) is 41.3 Å². The number of para-hydroxylation sites is 1. The number of thiocarbonyl (C=S) groups is 1. The standard InChI is InChI=1S/C28H31N3O3S2/c1-3-4-5-9-17-34-24-14-12-21(13-15-24)26-22(20-31(29-26)23-10-7-6-8-11-23)19-25-27(32)30(16-18-33-2)28(35)36-25/h6-8,10-15,19-20H,3-5,9,16-18H2,1-2H3/b25-19+. The summed E-state index contributed by atoms with van der Waals surface area (Å²) >= 11 is 6.75. The summed E-state index contributed by atoms with van der Waals surface area (Å²) < 4.78 is 13.4. The summed E-state index contributed by atoms with van der Waals surface area (Å²) in [7, 11) is 1.61. The van der Waals surface area contributed by atoms with Crippen LogP contribution in [-0.2, 0) is 9.53 Å². The molecule has 1 aliphatic heterocycles. The van der Waals surface area contributed by atoms with Crippen molar-refractivity contribution in [3.63, 3.8) is 0 Å². The smallest absolute Gasteiger partial charge is 0.266 e. The molecule has 0 saturated carbocycles. The van der Waals surface area contributed by atoms with Crippen LogP contribution in [0.5, 0.6) is 5.75 Å². The van der Waals surface area contributed by atoms with E-state index in [4.69, 9.17) is 26.8 Å². The molecule has 1 saturated heterocycles. The molecule has 0 aliphatic carbocycles. The van der Waals surface area contributed by atoms with Crippen LogP contribution in [0.2, 0.25) is 0 Å². The molecule has 4 rings (SSSR count). The minimum atomic E-state index is -0.104. The molecule has 0 radical (unpaired) electrons. The first kappa shape index (κ1) is 26.1. The van der Waals surface area contributed by atoms with Gasteiger partial charge in [-0.2, -0.15) is 5.10 Å². The Morgan fingerprint density at radius 1 is 1.03 bits per heavy atom. The van der Waals surface area contributed by atoms with E-state index in [-0.39, 0.29) is 5.91 Å². The number of hydrogen-bond donors (Lipinski definition) is 0. The molecule has 1 aromatic heterocycles. The van der Waals surface area contributed by atoms with Crippen molar-refractivity contribution < 1.29 is 14.3 Å². The van der Waals surface area contributed by atoms with Gasteiger partial charge in [0, 0.05) is 24.4 Å². The summed E-state index contributed by atoms with van der Waals surface area (Å²) in [5.74, 6) is 0.741. The van der Waals surface area contributed by atoms with Gasteiger partial charge in [0.25, 0.3) is 5.91 Å². The molecule has 0 bridgehead atoms. The van der Waals surface area contributed by atoms with Crippen LogP contribution in [0.3, 0.4) is 0 Å². The van der Waals surface area contributed by atoms with E-state index in [1.807, 2.05) is 71.6 Å². The maximum absolute atomic E-state index is 13.0. The lowest BCUT2D eigenvalue weighted by Gasteiger charge is -2.12. The zero-order chi connectivity index (χ0) is 25.3. The van der Waals surface area contributed by atoms with Gasteiger partial charge in [0.2, 0.25) is 0 Å². The van der Waals surface area contributed by atoms with E-state index >= 15 is 0 Å². The Balaban J connectivity index is 1.61. The lowest BCUT2D eigenvalue weighted by molar-refractivity contribution is -0.122. The van der Waals surface area contributed by atoms with Crippen molar-refractivity contribution in [1.29, 1.82) is 0 Å². The third-order valence-electron chi connectivity index (χ3n) is 5.84. The number of benzene rings is 2. The first-order valence-electron chi connectivity index (χ1n) is 12.2. The van der Waals surface area contributed by atoms with Crippen LogP contribution in [0.4, 0.5) is 0 Å². The van der Waals surface area contributed by atoms with Gasteiger partial charge < -0.3 is 9.47 Å². The van der Waals surface area contributed by atoms with Gasteiger partial charge in [-0.25, -0.2) is 4.68 Å². The van der Waals surface area contributed by atoms with Gasteiger partial charge >= 0.3 is 0 Å². The van der Waals surface area contributed by atoms with E-state index in [0.29, 0.717) is 22.4 Å². The van der Waals surface area contributed by atoms with Crippen molar-refractivity contribution in [3.8, 4) is 22.7 Å². The number of amides is 1. The Labute approximate surface area is 222 Å². The fourth-order valence-electron chi connectivity index (χ4n) is 3.87. The topological polar surface area (TPSA) is 56.6 Å². The highest BCUT2D eigenvalue weighted by atomic mass is 32.2. The quantitative estimate of drug-likeness (QED) is 0.157. The average Bonchev–Trinajstić information content (AvgIpc) is 3.44. The van der Waals surface area contributed by atoms with Crippen LogP contribution >= 0.6 is 24.0 Å². The zero-order valence-electron chi connectivity index (χ0n) is 20.7. The second kappa shape index (κ2) is 12.9. The van der Waals surface area contributed by atoms with Crippen molar-refractivity contribution >= 4 is 40.3 Å². The van der Waals surface area contributed by atoms with Crippen molar-refractivity contribution in [2.75, 3.05) is 26.9 Å². The molecule has 1 amide bonds. The molecule has 1 fully saturated rings. The van der Waals surface area contributed by atoms with Crippen LogP contribution in [-0.4, -0.2) is 51.8 Å². The Hall–Kier alpha value is -2.94. The molecular weight excluding hydrogens is 490 g/mol. The summed E-state index contributed by atoms with van der Waals surface area (Å²) in [6.07, 6.45) is 8.52. The normalized spacial score (nSPS) is 14.7. The second-order valence-electron chi connectivity index (χ2n) is 8.47. The number of aromatic nitrogens is 2. The number of ether oxygens (including phenoxy) is 2. The van der Waals surface area contributed by atoms with Gasteiger partial charge in [-0.15, -0.1) is 0 Å². The summed E-state index contributed by atoms with van der Waals surface area (Å²) in [5, 5.41) is 4.88. The number of carbonyl (C=O) groups excluding carboxylic acids is 1. The molecule has 188 valence electrons. The number of unbranched alkanes of at least 4 members (excludes halogenated alkanes) is 3. The molecular formula is C28H31N3O3S2. The average molecular weight is 522 g/mol. The zero-order valence-corrected chi connectivity index (χ0v) is 22.3. The molecule has 0 spiro atoms. The number of nitrogens with zero attached hydrogens (tertiary/aromatic N) is 3. The van der Waals surface area contributed by atoms with Crippen LogP contribution in [0.25, 0.3) is 23.0 Å². The van der Waals surface area contributed by atoms with E-state index < -0.39 is 0 Å². The maximum atomic E-state index is 13.0. The van der Waals surface area contributed by atoms with Gasteiger partial charge in [-0.3, -0.25) is 9.69 Å².